The van der Waals surface area contributed by atoms with Crippen molar-refractivity contribution in [2.24, 2.45) is 0 Å². The van der Waals surface area contributed by atoms with Crippen molar-refractivity contribution in [3.8, 4) is 11.1 Å². The minimum atomic E-state index is -0.418. The predicted octanol–water partition coefficient (Wildman–Crippen LogP) is 2.96. The molecule has 2 N–H and O–H groups in total. The Morgan fingerprint density at radius 1 is 0.967 bits per heavy atom. The van der Waals surface area contributed by atoms with E-state index in [1.807, 2.05) is 6.07 Å². The van der Waals surface area contributed by atoms with Gasteiger partial charge in [-0.05, 0) is 41.5 Å². The number of hydrogen-bond acceptors (Lipinski definition) is 7. The molecule has 1 aliphatic heterocycles. The molecule has 0 bridgehead atoms. The SMILES string of the molecule is O=c1nccc(Nc2ncnc3ccc(-c4cccc(N5CCOCC5)c4)cc23)[nH]1. The van der Waals surface area contributed by atoms with Gasteiger partial charge in [-0.15, -0.1) is 0 Å². The largest absolute Gasteiger partial charge is 0.378 e. The van der Waals surface area contributed by atoms with Gasteiger partial charge in [0.05, 0.1) is 18.7 Å². The first-order valence-electron chi connectivity index (χ1n) is 9.76. The zero-order valence-corrected chi connectivity index (χ0v) is 16.2. The van der Waals surface area contributed by atoms with Crippen LogP contribution >= 0.6 is 0 Å². The summed E-state index contributed by atoms with van der Waals surface area (Å²) in [4.78, 5) is 28.9. The summed E-state index contributed by atoms with van der Waals surface area (Å²) in [6, 6.07) is 16.3. The summed E-state index contributed by atoms with van der Waals surface area (Å²) < 4.78 is 5.47. The lowest BCUT2D eigenvalue weighted by Crippen LogP contribution is -2.36. The van der Waals surface area contributed by atoms with Crippen molar-refractivity contribution in [1.29, 1.82) is 0 Å². The number of ether oxygens (including phenoxy) is 1. The molecule has 2 aromatic carbocycles. The van der Waals surface area contributed by atoms with Crippen LogP contribution in [0.25, 0.3) is 22.0 Å². The number of morpholine rings is 1. The fourth-order valence-corrected chi connectivity index (χ4v) is 3.61. The second-order valence-corrected chi connectivity index (χ2v) is 7.02. The Balaban J connectivity index is 1.52. The number of aromatic amines is 1. The van der Waals surface area contributed by atoms with Gasteiger partial charge in [-0.3, -0.25) is 4.98 Å². The Labute approximate surface area is 172 Å². The van der Waals surface area contributed by atoms with E-state index >= 15 is 0 Å². The van der Waals surface area contributed by atoms with Gasteiger partial charge in [0.2, 0.25) is 0 Å². The highest BCUT2D eigenvalue weighted by atomic mass is 16.5. The number of nitrogens with one attached hydrogen (secondary N) is 2. The van der Waals surface area contributed by atoms with Gasteiger partial charge >= 0.3 is 5.69 Å². The van der Waals surface area contributed by atoms with Gasteiger partial charge in [0.25, 0.3) is 0 Å². The maximum absolute atomic E-state index is 11.5. The first-order valence-corrected chi connectivity index (χ1v) is 9.76. The van der Waals surface area contributed by atoms with Crippen LogP contribution in [0, 0.1) is 0 Å². The minimum absolute atomic E-state index is 0.418. The Morgan fingerprint density at radius 2 is 1.83 bits per heavy atom. The molecule has 0 atom stereocenters. The van der Waals surface area contributed by atoms with E-state index < -0.39 is 5.69 Å². The Kier molecular flexibility index (Phi) is 4.82. The highest BCUT2D eigenvalue weighted by Crippen LogP contribution is 2.30. The number of nitrogens with zero attached hydrogens (tertiary/aromatic N) is 4. The molecule has 8 heteroatoms. The van der Waals surface area contributed by atoms with Crippen LogP contribution in [-0.4, -0.2) is 46.2 Å². The van der Waals surface area contributed by atoms with Gasteiger partial charge in [0.15, 0.2) is 0 Å². The van der Waals surface area contributed by atoms with Crippen LogP contribution in [-0.2, 0) is 4.74 Å². The third kappa shape index (κ3) is 3.72. The van der Waals surface area contributed by atoms with Crippen molar-refractivity contribution >= 4 is 28.2 Å². The summed E-state index contributed by atoms with van der Waals surface area (Å²) in [5.41, 5.74) is 3.77. The van der Waals surface area contributed by atoms with E-state index in [2.05, 4.69) is 66.6 Å². The summed E-state index contributed by atoms with van der Waals surface area (Å²) in [5.74, 6) is 1.14. The average molecular weight is 400 g/mol. The minimum Gasteiger partial charge on any atom is -0.378 e. The van der Waals surface area contributed by atoms with Crippen LogP contribution in [0.1, 0.15) is 0 Å². The summed E-state index contributed by atoms with van der Waals surface area (Å²) in [7, 11) is 0. The van der Waals surface area contributed by atoms with Crippen LogP contribution in [0.4, 0.5) is 17.3 Å². The van der Waals surface area contributed by atoms with Gasteiger partial charge in [-0.2, -0.15) is 0 Å². The molecule has 1 aliphatic rings. The molecule has 30 heavy (non-hydrogen) atoms. The number of rotatable bonds is 4. The normalized spacial score (nSPS) is 14.1. The molecule has 3 heterocycles. The van der Waals surface area contributed by atoms with E-state index in [4.69, 9.17) is 4.74 Å². The second kappa shape index (κ2) is 7.92. The number of hydrogen-bond donors (Lipinski definition) is 2. The molecule has 150 valence electrons. The molecule has 5 rings (SSSR count). The highest BCUT2D eigenvalue weighted by molar-refractivity contribution is 5.93. The van der Waals surface area contributed by atoms with Crippen molar-refractivity contribution in [3.05, 3.63) is 71.5 Å². The smallest absolute Gasteiger partial charge is 0.346 e. The first kappa shape index (κ1) is 18.3. The topological polar surface area (TPSA) is 96.0 Å². The number of benzene rings is 2. The third-order valence-electron chi connectivity index (χ3n) is 5.12. The molecule has 4 aromatic rings. The monoisotopic (exact) mass is 400 g/mol. The quantitative estimate of drug-likeness (QED) is 0.544. The van der Waals surface area contributed by atoms with Crippen LogP contribution in [0.3, 0.4) is 0 Å². The molecule has 0 spiro atoms. The van der Waals surface area contributed by atoms with Crippen molar-refractivity contribution in [1.82, 2.24) is 19.9 Å². The van der Waals surface area contributed by atoms with Crippen LogP contribution in [0.5, 0.6) is 0 Å². The van der Waals surface area contributed by atoms with Crippen molar-refractivity contribution in [2.45, 2.75) is 0 Å². The summed E-state index contributed by atoms with van der Waals surface area (Å²) in [6.45, 7) is 3.30. The first-order chi connectivity index (χ1) is 14.8. The third-order valence-corrected chi connectivity index (χ3v) is 5.12. The van der Waals surface area contributed by atoms with E-state index in [0.717, 1.165) is 48.3 Å². The van der Waals surface area contributed by atoms with E-state index in [1.54, 1.807) is 6.07 Å². The maximum Gasteiger partial charge on any atom is 0.346 e. The lowest BCUT2D eigenvalue weighted by molar-refractivity contribution is 0.122. The zero-order valence-electron chi connectivity index (χ0n) is 16.2. The fraction of sp³-hybridized carbons (Fsp3) is 0.182. The molecule has 8 nitrogen and oxygen atoms in total. The molecule has 1 saturated heterocycles. The molecule has 0 aliphatic carbocycles. The van der Waals surface area contributed by atoms with Gasteiger partial charge < -0.3 is 15.0 Å². The summed E-state index contributed by atoms with van der Waals surface area (Å²) in [5, 5.41) is 4.03. The van der Waals surface area contributed by atoms with Gasteiger partial charge in [-0.25, -0.2) is 19.7 Å². The molecular weight excluding hydrogens is 380 g/mol. The van der Waals surface area contributed by atoms with Crippen molar-refractivity contribution in [3.63, 3.8) is 0 Å². The number of aromatic nitrogens is 4. The molecular formula is C22H20N6O2. The lowest BCUT2D eigenvalue weighted by Gasteiger charge is -2.29. The van der Waals surface area contributed by atoms with Crippen molar-refractivity contribution in [2.75, 3.05) is 36.5 Å². The average Bonchev–Trinajstić information content (AvgIpc) is 2.80. The van der Waals surface area contributed by atoms with Gasteiger partial charge in [0.1, 0.15) is 18.0 Å². The molecule has 0 unspecified atom stereocenters. The maximum atomic E-state index is 11.5. The van der Waals surface area contributed by atoms with Crippen LogP contribution < -0.4 is 15.9 Å². The van der Waals surface area contributed by atoms with E-state index in [9.17, 15) is 4.79 Å². The zero-order chi connectivity index (χ0) is 20.3. The Morgan fingerprint density at radius 3 is 2.70 bits per heavy atom. The Bertz CT molecular complexity index is 1250. The van der Waals surface area contributed by atoms with Crippen LogP contribution in [0.15, 0.2) is 65.8 Å². The summed E-state index contributed by atoms with van der Waals surface area (Å²) in [6.07, 6.45) is 2.95. The van der Waals surface area contributed by atoms with E-state index in [-0.39, 0.29) is 0 Å². The highest BCUT2D eigenvalue weighted by Gasteiger charge is 2.12. The van der Waals surface area contributed by atoms with E-state index in [1.165, 1.54) is 18.2 Å². The standard InChI is InChI=1S/C22H20N6O2/c29-22-23-7-6-20(27-22)26-21-18-13-16(4-5-19(18)24-14-25-21)15-2-1-3-17(12-15)28-8-10-30-11-9-28/h1-7,12-14H,8-11H2,(H2,23,24,25,26,27,29). The molecule has 0 radical (unpaired) electrons. The van der Waals surface area contributed by atoms with Gasteiger partial charge in [0, 0.05) is 30.4 Å². The van der Waals surface area contributed by atoms with E-state index in [0.29, 0.717) is 11.6 Å². The lowest BCUT2D eigenvalue weighted by atomic mass is 10.0. The van der Waals surface area contributed by atoms with Crippen LogP contribution in [0.2, 0.25) is 0 Å². The Hall–Kier alpha value is -3.78. The second-order valence-electron chi connectivity index (χ2n) is 7.02. The van der Waals surface area contributed by atoms with Crippen molar-refractivity contribution < 1.29 is 4.74 Å². The fourth-order valence-electron chi connectivity index (χ4n) is 3.61. The molecule has 0 amide bonds. The molecule has 2 aromatic heterocycles. The number of H-pyrrole nitrogens is 1. The predicted molar refractivity (Wildman–Crippen MR) is 116 cm³/mol. The molecule has 0 saturated carbocycles. The molecule has 1 fully saturated rings. The van der Waals surface area contributed by atoms with Gasteiger partial charge in [-0.1, -0.05) is 18.2 Å². The summed E-state index contributed by atoms with van der Waals surface area (Å²) >= 11 is 0. The number of anilines is 3. The number of fused-ring (bicyclic) bond motifs is 1.